The second kappa shape index (κ2) is 13.6. The first-order valence-electron chi connectivity index (χ1n) is 11.6. The molecule has 7 nitrogen and oxygen atoms in total. The number of aliphatic hydroxyl groups is 1. The molecule has 33 heavy (non-hydrogen) atoms. The number of rotatable bonds is 14. The van der Waals surface area contributed by atoms with Gasteiger partial charge in [0.05, 0.1) is 24.6 Å². The van der Waals surface area contributed by atoms with Gasteiger partial charge in [0.25, 0.3) is 0 Å². The number of aliphatic hydroxyl groups excluding tert-OH is 1. The van der Waals surface area contributed by atoms with E-state index < -0.39 is 17.6 Å². The zero-order valence-electron chi connectivity index (χ0n) is 19.3. The van der Waals surface area contributed by atoms with E-state index in [1.807, 2.05) is 30.3 Å². The van der Waals surface area contributed by atoms with Crippen LogP contribution in [0.2, 0.25) is 0 Å². The van der Waals surface area contributed by atoms with Gasteiger partial charge in [0.2, 0.25) is 11.8 Å². The average molecular weight is 457 g/mol. The average Bonchev–Trinajstić information content (AvgIpc) is 3.29. The number of hydrogen-bond donors (Lipinski definition) is 3. The molecule has 0 bridgehead atoms. The molecule has 1 fully saturated rings. The summed E-state index contributed by atoms with van der Waals surface area (Å²) >= 11 is 0. The molecule has 1 saturated carbocycles. The van der Waals surface area contributed by atoms with Crippen molar-refractivity contribution < 1.29 is 24.2 Å². The first kappa shape index (κ1) is 26.3. The van der Waals surface area contributed by atoms with E-state index in [0.29, 0.717) is 12.8 Å². The monoisotopic (exact) mass is 456 g/mol. The van der Waals surface area contributed by atoms with Crippen molar-refractivity contribution >= 4 is 17.8 Å². The normalized spacial score (nSPS) is 16.3. The Bertz CT molecular complexity index is 802. The van der Waals surface area contributed by atoms with Crippen LogP contribution in [0.1, 0.15) is 63.0 Å². The minimum Gasteiger partial charge on any atom is -0.456 e. The van der Waals surface area contributed by atoms with Gasteiger partial charge in [-0.25, -0.2) is 0 Å². The fourth-order valence-electron chi connectivity index (χ4n) is 4.10. The van der Waals surface area contributed by atoms with Crippen LogP contribution in [-0.2, 0) is 19.1 Å². The van der Waals surface area contributed by atoms with Crippen LogP contribution >= 0.6 is 0 Å². The largest absolute Gasteiger partial charge is 0.456 e. The molecule has 1 aromatic rings. The Morgan fingerprint density at radius 1 is 1.12 bits per heavy atom. The van der Waals surface area contributed by atoms with E-state index in [1.165, 1.54) is 0 Å². The van der Waals surface area contributed by atoms with E-state index in [-0.39, 0.29) is 43.8 Å². The lowest BCUT2D eigenvalue weighted by Gasteiger charge is -2.29. The maximum atomic E-state index is 12.9. The smallest absolute Gasteiger partial charge is 0.306 e. The van der Waals surface area contributed by atoms with E-state index in [0.717, 1.165) is 31.2 Å². The second-order valence-corrected chi connectivity index (χ2v) is 8.58. The molecule has 1 aliphatic rings. The standard InChI is InChI=1S/C26H36N2O5/c1-3-5-14-24(31)33-22(20-12-7-6-8-13-20)18-27-25(32)21(11-4-2)17-23(30)28-26(19-29)15-9-10-16-26/h3-4,6-8,12-13,21-22,29H,1-2,5,9-11,14-19H2,(H,27,32)(H,28,30)/t21-,22-/m1/s1. The summed E-state index contributed by atoms with van der Waals surface area (Å²) < 4.78 is 5.60. The number of allylic oxidation sites excluding steroid dienone is 2. The van der Waals surface area contributed by atoms with Crippen LogP contribution in [0.5, 0.6) is 0 Å². The summed E-state index contributed by atoms with van der Waals surface area (Å²) in [7, 11) is 0. The summed E-state index contributed by atoms with van der Waals surface area (Å²) in [6.07, 6.45) is 7.08. The van der Waals surface area contributed by atoms with Crippen molar-refractivity contribution in [3.8, 4) is 0 Å². The van der Waals surface area contributed by atoms with Gasteiger partial charge >= 0.3 is 5.97 Å². The summed E-state index contributed by atoms with van der Waals surface area (Å²) in [5.41, 5.74) is 0.193. The van der Waals surface area contributed by atoms with Crippen molar-refractivity contribution in [3.05, 3.63) is 61.2 Å². The van der Waals surface area contributed by atoms with Gasteiger partial charge in [-0.1, -0.05) is 55.3 Å². The summed E-state index contributed by atoms with van der Waals surface area (Å²) in [4.78, 5) is 37.7. The molecule has 2 amide bonds. The highest BCUT2D eigenvalue weighted by atomic mass is 16.5. The lowest BCUT2D eigenvalue weighted by molar-refractivity contribution is -0.150. The van der Waals surface area contributed by atoms with Gasteiger partial charge in [0.15, 0.2) is 0 Å². The molecule has 1 aliphatic carbocycles. The minimum atomic E-state index is -0.637. The molecule has 0 heterocycles. The van der Waals surface area contributed by atoms with Crippen molar-refractivity contribution in [2.45, 2.75) is 63.0 Å². The fourth-order valence-corrected chi connectivity index (χ4v) is 4.10. The van der Waals surface area contributed by atoms with Crippen molar-refractivity contribution in [1.82, 2.24) is 10.6 Å². The first-order valence-corrected chi connectivity index (χ1v) is 11.6. The van der Waals surface area contributed by atoms with Crippen LogP contribution in [0.25, 0.3) is 0 Å². The molecule has 7 heteroatoms. The van der Waals surface area contributed by atoms with Gasteiger partial charge < -0.3 is 20.5 Å². The Morgan fingerprint density at radius 3 is 2.42 bits per heavy atom. The molecule has 0 aromatic heterocycles. The number of hydrogen-bond acceptors (Lipinski definition) is 5. The van der Waals surface area contributed by atoms with Crippen molar-refractivity contribution in [3.63, 3.8) is 0 Å². The molecule has 180 valence electrons. The Morgan fingerprint density at radius 2 is 1.82 bits per heavy atom. The van der Waals surface area contributed by atoms with E-state index in [2.05, 4.69) is 23.8 Å². The molecule has 2 rings (SSSR count). The molecule has 2 atom stereocenters. The van der Waals surface area contributed by atoms with E-state index in [9.17, 15) is 19.5 Å². The Labute approximate surface area is 196 Å². The fraction of sp³-hybridized carbons (Fsp3) is 0.500. The Hall–Kier alpha value is -2.93. The highest BCUT2D eigenvalue weighted by Gasteiger charge is 2.35. The Kier molecular flexibility index (Phi) is 10.8. The SMILES string of the molecule is C=CCCC(=O)O[C@H](CNC(=O)[C@H](CC=C)CC(=O)NC1(CO)CCCC1)c1ccccc1. The molecule has 1 aromatic carbocycles. The van der Waals surface area contributed by atoms with Crippen molar-refractivity contribution in [2.24, 2.45) is 5.92 Å². The Balaban J connectivity index is 1.99. The maximum Gasteiger partial charge on any atom is 0.306 e. The highest BCUT2D eigenvalue weighted by molar-refractivity contribution is 5.86. The molecule has 3 N–H and O–H groups in total. The van der Waals surface area contributed by atoms with Gasteiger partial charge in [-0.05, 0) is 31.2 Å². The van der Waals surface area contributed by atoms with E-state index in [1.54, 1.807) is 12.2 Å². The van der Waals surface area contributed by atoms with Crippen LogP contribution in [0.15, 0.2) is 55.6 Å². The third-order valence-corrected chi connectivity index (χ3v) is 5.98. The minimum absolute atomic E-state index is 0.00523. The molecule has 0 saturated heterocycles. The predicted octanol–water partition coefficient (Wildman–Crippen LogP) is 3.36. The van der Waals surface area contributed by atoms with Gasteiger partial charge in [-0.2, -0.15) is 0 Å². The summed E-state index contributed by atoms with van der Waals surface area (Å²) in [6, 6.07) is 9.21. The number of esters is 1. The maximum absolute atomic E-state index is 12.9. The van der Waals surface area contributed by atoms with Crippen LogP contribution < -0.4 is 10.6 Å². The summed E-state index contributed by atoms with van der Waals surface area (Å²) in [5.74, 6) is -1.54. The van der Waals surface area contributed by atoms with Gasteiger partial charge in [-0.3, -0.25) is 14.4 Å². The topological polar surface area (TPSA) is 105 Å². The van der Waals surface area contributed by atoms with Crippen molar-refractivity contribution in [2.75, 3.05) is 13.2 Å². The van der Waals surface area contributed by atoms with Gasteiger partial charge in [-0.15, -0.1) is 13.2 Å². The quantitative estimate of drug-likeness (QED) is 0.294. The lowest BCUT2D eigenvalue weighted by atomic mass is 9.95. The van der Waals surface area contributed by atoms with Gasteiger partial charge in [0.1, 0.15) is 6.10 Å². The number of nitrogens with one attached hydrogen (secondary N) is 2. The molecular formula is C26H36N2O5. The summed E-state index contributed by atoms with van der Waals surface area (Å²) in [6.45, 7) is 7.31. The van der Waals surface area contributed by atoms with Crippen LogP contribution in [0, 0.1) is 5.92 Å². The van der Waals surface area contributed by atoms with E-state index in [4.69, 9.17) is 4.74 Å². The third-order valence-electron chi connectivity index (χ3n) is 5.98. The molecule has 0 radical (unpaired) electrons. The zero-order valence-corrected chi connectivity index (χ0v) is 19.3. The molecular weight excluding hydrogens is 420 g/mol. The third kappa shape index (κ3) is 8.50. The van der Waals surface area contributed by atoms with E-state index >= 15 is 0 Å². The second-order valence-electron chi connectivity index (χ2n) is 8.58. The highest BCUT2D eigenvalue weighted by Crippen LogP contribution is 2.29. The zero-order chi connectivity index (χ0) is 24.1. The van der Waals surface area contributed by atoms with Crippen LogP contribution in [0.4, 0.5) is 0 Å². The number of ether oxygens (including phenoxy) is 1. The summed E-state index contributed by atoms with van der Waals surface area (Å²) in [5, 5.41) is 15.5. The molecule has 0 spiro atoms. The molecule has 0 unspecified atom stereocenters. The number of benzene rings is 1. The van der Waals surface area contributed by atoms with Gasteiger partial charge in [0, 0.05) is 12.8 Å². The number of amides is 2. The van der Waals surface area contributed by atoms with Crippen LogP contribution in [0.3, 0.4) is 0 Å². The number of carbonyl (C=O) groups excluding carboxylic acids is 3. The van der Waals surface area contributed by atoms with Crippen molar-refractivity contribution in [1.29, 1.82) is 0 Å². The lowest BCUT2D eigenvalue weighted by Crippen LogP contribution is -2.50. The first-order chi connectivity index (χ1) is 15.9. The number of carbonyl (C=O) groups is 3. The van der Waals surface area contributed by atoms with Crippen LogP contribution in [-0.4, -0.2) is 41.6 Å². The molecule has 0 aliphatic heterocycles. The predicted molar refractivity (Wildman–Crippen MR) is 127 cm³/mol.